The van der Waals surface area contributed by atoms with Crippen molar-refractivity contribution < 1.29 is 4.84 Å². The molecule has 0 spiro atoms. The van der Waals surface area contributed by atoms with Crippen molar-refractivity contribution in [2.45, 2.75) is 0 Å². The van der Waals surface area contributed by atoms with Crippen LogP contribution in [-0.4, -0.2) is 18.3 Å². The summed E-state index contributed by atoms with van der Waals surface area (Å²) >= 11 is 3.43. The molecule has 72 valence electrons. The molecule has 1 aromatic carbocycles. The molecule has 14 heavy (non-hydrogen) atoms. The third-order valence-corrected chi connectivity index (χ3v) is 2.47. The molecule has 4 heteroatoms. The molecule has 0 fully saturated rings. The van der Waals surface area contributed by atoms with E-state index in [-0.39, 0.29) is 0 Å². The van der Waals surface area contributed by atoms with Crippen molar-refractivity contribution >= 4 is 33.0 Å². The largest absolute Gasteiger partial charge is 0.399 e. The van der Waals surface area contributed by atoms with E-state index in [4.69, 9.17) is 0 Å². The Morgan fingerprint density at radius 2 is 2.36 bits per heavy atom. The second kappa shape index (κ2) is 3.84. The monoisotopic (exact) mass is 252 g/mol. The summed E-state index contributed by atoms with van der Waals surface area (Å²) in [7, 11) is 1.53. The summed E-state index contributed by atoms with van der Waals surface area (Å²) in [6, 6.07) is 6.06. The Hall–Kier alpha value is -1.29. The highest BCUT2D eigenvalue weighted by atomic mass is 79.9. The third kappa shape index (κ3) is 1.65. The lowest BCUT2D eigenvalue weighted by Crippen LogP contribution is -1.78. The molecule has 2 rings (SSSR count). The van der Waals surface area contributed by atoms with Crippen LogP contribution in [0.15, 0.2) is 34.0 Å². The number of hydrogen-bond donors (Lipinski definition) is 1. The number of aromatic nitrogens is 1. The first-order valence-electron chi connectivity index (χ1n) is 4.14. The molecule has 2 aromatic rings. The number of halogens is 1. The minimum Gasteiger partial charge on any atom is -0.399 e. The predicted octanol–water partition coefficient (Wildman–Crippen LogP) is 2.91. The lowest BCUT2D eigenvalue weighted by molar-refractivity contribution is 0.215. The Balaban J connectivity index is 2.55. The first-order chi connectivity index (χ1) is 6.81. The van der Waals surface area contributed by atoms with Crippen LogP contribution in [0.3, 0.4) is 0 Å². The van der Waals surface area contributed by atoms with Gasteiger partial charge in [0.15, 0.2) is 0 Å². The maximum Gasteiger partial charge on any atom is 0.106 e. The zero-order chi connectivity index (χ0) is 9.97. The van der Waals surface area contributed by atoms with Gasteiger partial charge in [0.05, 0.1) is 6.21 Å². The Morgan fingerprint density at radius 3 is 3.14 bits per heavy atom. The van der Waals surface area contributed by atoms with Crippen LogP contribution >= 0.6 is 15.9 Å². The zero-order valence-electron chi connectivity index (χ0n) is 7.62. The molecule has 0 amide bonds. The molecule has 0 aliphatic rings. The smallest absolute Gasteiger partial charge is 0.106 e. The van der Waals surface area contributed by atoms with Crippen molar-refractivity contribution in [3.63, 3.8) is 0 Å². The minimum absolute atomic E-state index is 1.02. The van der Waals surface area contributed by atoms with Crippen molar-refractivity contribution in [3.05, 3.63) is 34.4 Å². The van der Waals surface area contributed by atoms with Gasteiger partial charge in [-0.2, -0.15) is 0 Å². The summed E-state index contributed by atoms with van der Waals surface area (Å²) in [5.74, 6) is 0. The summed E-state index contributed by atoms with van der Waals surface area (Å²) in [4.78, 5) is 7.79. The highest BCUT2D eigenvalue weighted by Gasteiger charge is 2.01. The number of nitrogens with one attached hydrogen (secondary N) is 1. The van der Waals surface area contributed by atoms with Crippen LogP contribution in [0.5, 0.6) is 0 Å². The minimum atomic E-state index is 1.02. The predicted molar refractivity (Wildman–Crippen MR) is 60.6 cm³/mol. The third-order valence-electron chi connectivity index (χ3n) is 1.97. The Bertz CT molecular complexity index is 476. The van der Waals surface area contributed by atoms with Gasteiger partial charge in [0.1, 0.15) is 7.11 Å². The van der Waals surface area contributed by atoms with E-state index in [2.05, 4.69) is 30.9 Å². The number of aromatic amines is 1. The molecule has 0 unspecified atom stereocenters. The molecule has 0 aliphatic carbocycles. The number of fused-ring (bicyclic) bond motifs is 1. The molecule has 0 atom stereocenters. The van der Waals surface area contributed by atoms with E-state index in [1.54, 1.807) is 6.21 Å². The standard InChI is InChI=1S/C10H9BrN2O/c1-14-13-6-7-5-12-10-3-2-8(11)4-9(7)10/h2-6,12H,1H3/b13-6-. The maximum atomic E-state index is 4.64. The summed E-state index contributed by atoms with van der Waals surface area (Å²) in [5, 5.41) is 4.86. The summed E-state index contributed by atoms with van der Waals surface area (Å²) in [6.45, 7) is 0. The van der Waals surface area contributed by atoms with Gasteiger partial charge in [-0.05, 0) is 18.2 Å². The Morgan fingerprint density at radius 1 is 1.50 bits per heavy atom. The second-order valence-electron chi connectivity index (χ2n) is 2.85. The van der Waals surface area contributed by atoms with Gasteiger partial charge >= 0.3 is 0 Å². The van der Waals surface area contributed by atoms with E-state index < -0.39 is 0 Å². The summed E-state index contributed by atoms with van der Waals surface area (Å²) in [6.07, 6.45) is 3.59. The fraction of sp³-hybridized carbons (Fsp3) is 0.100. The topological polar surface area (TPSA) is 37.4 Å². The van der Waals surface area contributed by atoms with E-state index in [9.17, 15) is 0 Å². The Kier molecular flexibility index (Phi) is 2.54. The molecular weight excluding hydrogens is 244 g/mol. The van der Waals surface area contributed by atoms with Crippen molar-refractivity contribution in [3.8, 4) is 0 Å². The van der Waals surface area contributed by atoms with Crippen molar-refractivity contribution in [2.75, 3.05) is 7.11 Å². The van der Waals surface area contributed by atoms with Gasteiger partial charge in [0.2, 0.25) is 0 Å². The molecular formula is C10H9BrN2O. The zero-order valence-corrected chi connectivity index (χ0v) is 9.21. The van der Waals surface area contributed by atoms with Crippen LogP contribution in [-0.2, 0) is 4.84 Å². The average Bonchev–Trinajstić information content (AvgIpc) is 2.57. The molecule has 0 saturated carbocycles. The van der Waals surface area contributed by atoms with Crippen LogP contribution in [0.4, 0.5) is 0 Å². The van der Waals surface area contributed by atoms with Crippen LogP contribution in [0.25, 0.3) is 10.9 Å². The second-order valence-corrected chi connectivity index (χ2v) is 3.77. The highest BCUT2D eigenvalue weighted by molar-refractivity contribution is 9.10. The van der Waals surface area contributed by atoms with Crippen LogP contribution in [0.2, 0.25) is 0 Å². The molecule has 0 aliphatic heterocycles. The van der Waals surface area contributed by atoms with Gasteiger partial charge in [-0.1, -0.05) is 21.1 Å². The van der Waals surface area contributed by atoms with E-state index in [0.717, 1.165) is 20.9 Å². The average molecular weight is 253 g/mol. The van der Waals surface area contributed by atoms with Crippen molar-refractivity contribution in [2.24, 2.45) is 5.16 Å². The molecule has 3 nitrogen and oxygen atoms in total. The number of benzene rings is 1. The summed E-state index contributed by atoms with van der Waals surface area (Å²) < 4.78 is 1.05. The fourth-order valence-corrected chi connectivity index (χ4v) is 1.69. The number of oxime groups is 1. The van der Waals surface area contributed by atoms with Crippen molar-refractivity contribution in [1.29, 1.82) is 0 Å². The fourth-order valence-electron chi connectivity index (χ4n) is 1.33. The molecule has 0 saturated heterocycles. The van der Waals surface area contributed by atoms with Crippen LogP contribution in [0.1, 0.15) is 5.56 Å². The van der Waals surface area contributed by atoms with Crippen LogP contribution in [0, 0.1) is 0 Å². The van der Waals surface area contributed by atoms with Crippen LogP contribution < -0.4 is 0 Å². The normalized spacial score (nSPS) is 11.3. The maximum absolute atomic E-state index is 4.64. The van der Waals surface area contributed by atoms with Crippen molar-refractivity contribution in [1.82, 2.24) is 4.98 Å². The number of H-pyrrole nitrogens is 1. The lowest BCUT2D eigenvalue weighted by atomic mass is 10.2. The molecule has 1 aromatic heterocycles. The van der Waals surface area contributed by atoms with Gasteiger partial charge in [0, 0.05) is 27.1 Å². The molecule has 0 bridgehead atoms. The van der Waals surface area contributed by atoms with Gasteiger partial charge in [-0.3, -0.25) is 0 Å². The van der Waals surface area contributed by atoms with Gasteiger partial charge in [0.25, 0.3) is 0 Å². The first-order valence-corrected chi connectivity index (χ1v) is 4.94. The van der Waals surface area contributed by atoms with Gasteiger partial charge in [-0.15, -0.1) is 0 Å². The molecule has 1 heterocycles. The quantitative estimate of drug-likeness (QED) is 0.648. The van der Waals surface area contributed by atoms with E-state index in [0.29, 0.717) is 0 Å². The van der Waals surface area contributed by atoms with Gasteiger partial charge < -0.3 is 9.82 Å². The lowest BCUT2D eigenvalue weighted by Gasteiger charge is -1.92. The van der Waals surface area contributed by atoms with Gasteiger partial charge in [-0.25, -0.2) is 0 Å². The summed E-state index contributed by atoms with van der Waals surface area (Å²) in [5.41, 5.74) is 2.11. The number of nitrogens with zero attached hydrogens (tertiary/aromatic N) is 1. The van der Waals surface area contributed by atoms with E-state index in [1.165, 1.54) is 7.11 Å². The Labute approximate surface area is 89.9 Å². The molecule has 0 radical (unpaired) electrons. The van der Waals surface area contributed by atoms with E-state index in [1.807, 2.05) is 24.4 Å². The highest BCUT2D eigenvalue weighted by Crippen LogP contribution is 2.21. The molecule has 1 N–H and O–H groups in total. The first kappa shape index (κ1) is 9.27. The van der Waals surface area contributed by atoms with E-state index >= 15 is 0 Å². The number of rotatable bonds is 2. The SMILES string of the molecule is CO/N=C\c1c[nH]c2ccc(Br)cc12. The number of hydrogen-bond acceptors (Lipinski definition) is 2.